The van der Waals surface area contributed by atoms with Gasteiger partial charge in [-0.15, -0.1) is 0 Å². The van der Waals surface area contributed by atoms with Gasteiger partial charge in [-0.2, -0.15) is 0 Å². The molecule has 0 bridgehead atoms. The monoisotopic (exact) mass is 798 g/mol. The van der Waals surface area contributed by atoms with Gasteiger partial charge >= 0.3 is 0 Å². The Morgan fingerprint density at radius 3 is 1.53 bits per heavy atom. The Balaban J connectivity index is 1.21. The molecule has 0 saturated heterocycles. The number of para-hydroxylation sites is 5. The Morgan fingerprint density at radius 1 is 0.371 bits per heavy atom. The van der Waals surface area contributed by atoms with E-state index in [9.17, 15) is 2.74 Å². The number of hydrogen-bond acceptors (Lipinski definition) is 4. The van der Waals surface area contributed by atoms with Crippen molar-refractivity contribution in [1.29, 1.82) is 0 Å². The van der Waals surface area contributed by atoms with Crippen LogP contribution in [0.5, 0.6) is 0 Å². The smallest absolute Gasteiger partial charge is 0.166 e. The maximum absolute atomic E-state index is 9.63. The van der Waals surface area contributed by atoms with Crippen LogP contribution in [0.2, 0.25) is 0 Å². The van der Waals surface area contributed by atoms with Gasteiger partial charge in [0, 0.05) is 49.4 Å². The van der Waals surface area contributed by atoms with Crippen LogP contribution in [0, 0.1) is 0 Å². The van der Waals surface area contributed by atoms with Crippen LogP contribution in [-0.2, 0) is 0 Å². The van der Waals surface area contributed by atoms with E-state index in [0.29, 0.717) is 34.3 Å². The summed E-state index contributed by atoms with van der Waals surface area (Å²) in [5, 5.41) is 2.16. The Bertz CT molecular complexity index is 3850. The predicted octanol–water partition coefficient (Wildman–Crippen LogP) is 14.9. The van der Waals surface area contributed by atoms with Gasteiger partial charge in [-0.3, -0.25) is 0 Å². The second-order valence-electron chi connectivity index (χ2n) is 15.1. The molecule has 9 aromatic carbocycles. The molecule has 12 rings (SSSR count). The normalized spacial score (nSPS) is 12.9. The first-order valence-corrected chi connectivity index (χ1v) is 20.4. The molecule has 0 aliphatic heterocycles. The van der Waals surface area contributed by atoms with Crippen molar-refractivity contribution in [3.63, 3.8) is 0 Å². The Hall–Kier alpha value is -8.41. The zero-order valence-electron chi connectivity index (χ0n) is 39.0. The highest BCUT2D eigenvalue weighted by atomic mass is 16.3. The fourth-order valence-electron chi connectivity index (χ4n) is 8.58. The van der Waals surface area contributed by atoms with Crippen LogP contribution in [0.15, 0.2) is 223 Å². The molecule has 290 valence electrons. The van der Waals surface area contributed by atoms with Gasteiger partial charge in [0.05, 0.1) is 24.9 Å². The van der Waals surface area contributed by atoms with Crippen LogP contribution in [-0.4, -0.2) is 19.5 Å². The minimum atomic E-state index is -0.378. The number of furan rings is 1. The van der Waals surface area contributed by atoms with E-state index < -0.39 is 0 Å². The minimum absolute atomic E-state index is 0.0116. The molecule has 0 fully saturated rings. The summed E-state index contributed by atoms with van der Waals surface area (Å²) in [6.45, 7) is 0. The zero-order valence-corrected chi connectivity index (χ0v) is 33.0. The first-order valence-electron chi connectivity index (χ1n) is 23.4. The summed E-state index contributed by atoms with van der Waals surface area (Å²) in [5.41, 5.74) is 9.28. The molecule has 0 aliphatic carbocycles. The summed E-state index contributed by atoms with van der Waals surface area (Å²) in [6, 6.07) is 58.1. The molecule has 0 N–H and O–H groups in total. The molecule has 5 nitrogen and oxygen atoms in total. The summed E-state index contributed by atoms with van der Waals surface area (Å²) in [5.74, 6) is 1.23. The molecule has 5 heteroatoms. The quantitative estimate of drug-likeness (QED) is 0.161. The fourth-order valence-corrected chi connectivity index (χ4v) is 8.58. The van der Waals surface area contributed by atoms with Gasteiger partial charge in [-0.1, -0.05) is 182 Å². The molecule has 0 unspecified atom stereocenters. The maximum atomic E-state index is 9.63. The summed E-state index contributed by atoms with van der Waals surface area (Å²) < 4.78 is 62.9. The van der Waals surface area contributed by atoms with Crippen LogP contribution >= 0.6 is 0 Å². The van der Waals surface area contributed by atoms with Gasteiger partial charge in [0.25, 0.3) is 0 Å². The highest BCUT2D eigenvalue weighted by Gasteiger charge is 2.24. The SMILES string of the molecule is [2H]c1cc([2H])c2oc3c(-c4cccc(-c5nc(-c6cccc(-c7ccccc7)c6)nc(-c6cccc(-c7ccccc7)c6)n5)c4-n4c5ccccc5c5ccccc54)c([2H])c([2H])c([2H])c3c2c1[2H]. The van der Waals surface area contributed by atoms with Crippen molar-refractivity contribution in [2.75, 3.05) is 0 Å². The van der Waals surface area contributed by atoms with E-state index in [0.717, 1.165) is 55.2 Å². The zero-order chi connectivity index (χ0) is 46.2. The van der Waals surface area contributed by atoms with Crippen molar-refractivity contribution in [2.24, 2.45) is 0 Å². The highest BCUT2D eigenvalue weighted by molar-refractivity contribution is 6.13. The number of nitrogens with zero attached hydrogens (tertiary/aromatic N) is 4. The van der Waals surface area contributed by atoms with E-state index in [2.05, 4.69) is 65.2 Å². The van der Waals surface area contributed by atoms with Gasteiger partial charge in [0.1, 0.15) is 11.2 Å². The van der Waals surface area contributed by atoms with Crippen molar-refractivity contribution in [2.45, 2.75) is 0 Å². The van der Waals surface area contributed by atoms with E-state index in [-0.39, 0.29) is 63.8 Å². The number of rotatable bonds is 7. The standard InChI is InChI=1S/C57H36N4O/c1-3-17-37(18-4-1)39-21-13-23-41(35-39)55-58-56(42-24-14-22-40(36-42)38-19-5-2-6-20-38)60-57(59-55)49-31-15-28-46(48-30-16-29-47-45-27-9-12-34-52(45)62-54(47)48)53(49)61-50-32-10-7-25-43(50)44-26-8-11-33-51(44)61/h1-36H/i9D,16D,27D,29D,30D,34D. The number of benzene rings is 9. The Morgan fingerprint density at radius 2 is 0.887 bits per heavy atom. The van der Waals surface area contributed by atoms with Gasteiger partial charge in [-0.05, 0) is 58.6 Å². The molecule has 0 atom stereocenters. The summed E-state index contributed by atoms with van der Waals surface area (Å²) in [4.78, 5) is 15.8. The van der Waals surface area contributed by atoms with Crippen molar-refractivity contribution in [3.8, 4) is 73.2 Å². The van der Waals surface area contributed by atoms with Gasteiger partial charge < -0.3 is 8.98 Å². The van der Waals surface area contributed by atoms with E-state index in [1.54, 1.807) is 0 Å². The van der Waals surface area contributed by atoms with Crippen LogP contribution in [0.25, 0.3) is 117 Å². The third-order valence-electron chi connectivity index (χ3n) is 11.4. The minimum Gasteiger partial charge on any atom is -0.455 e. The number of hydrogen-bond donors (Lipinski definition) is 0. The van der Waals surface area contributed by atoms with Crippen molar-refractivity contribution in [1.82, 2.24) is 19.5 Å². The molecule has 0 aliphatic rings. The van der Waals surface area contributed by atoms with Gasteiger partial charge in [0.15, 0.2) is 17.5 Å². The first-order chi connectivity index (χ1) is 33.2. The van der Waals surface area contributed by atoms with Crippen LogP contribution in [0.1, 0.15) is 8.22 Å². The lowest BCUT2D eigenvalue weighted by atomic mass is 9.97. The molecule has 3 heterocycles. The lowest BCUT2D eigenvalue weighted by Gasteiger charge is -2.19. The number of fused-ring (bicyclic) bond motifs is 6. The maximum Gasteiger partial charge on any atom is 0.166 e. The molecule has 3 aromatic heterocycles. The van der Waals surface area contributed by atoms with Crippen LogP contribution in [0.4, 0.5) is 0 Å². The molecule has 62 heavy (non-hydrogen) atoms. The fraction of sp³-hybridized carbons (Fsp3) is 0. The van der Waals surface area contributed by atoms with Crippen molar-refractivity contribution < 1.29 is 12.6 Å². The van der Waals surface area contributed by atoms with Gasteiger partial charge in [0.2, 0.25) is 0 Å². The molecule has 12 aromatic rings. The Kier molecular flexibility index (Phi) is 7.05. The van der Waals surface area contributed by atoms with E-state index in [1.165, 1.54) is 6.07 Å². The third-order valence-corrected chi connectivity index (χ3v) is 11.4. The lowest BCUT2D eigenvalue weighted by molar-refractivity contribution is 0.670. The average Bonchev–Trinajstić information content (AvgIpc) is 3.95. The molecule has 0 amide bonds. The second-order valence-corrected chi connectivity index (χ2v) is 15.1. The van der Waals surface area contributed by atoms with Crippen LogP contribution < -0.4 is 0 Å². The third kappa shape index (κ3) is 5.98. The average molecular weight is 799 g/mol. The van der Waals surface area contributed by atoms with E-state index >= 15 is 0 Å². The van der Waals surface area contributed by atoms with Crippen molar-refractivity contribution >= 4 is 43.7 Å². The van der Waals surface area contributed by atoms with E-state index in [4.69, 9.17) is 24.9 Å². The summed E-state index contributed by atoms with van der Waals surface area (Å²) in [6.07, 6.45) is 0. The molecule has 0 saturated carbocycles. The second kappa shape index (κ2) is 14.7. The summed E-state index contributed by atoms with van der Waals surface area (Å²) in [7, 11) is 0. The molecule has 0 radical (unpaired) electrons. The highest BCUT2D eigenvalue weighted by Crippen LogP contribution is 2.44. The van der Waals surface area contributed by atoms with Crippen LogP contribution in [0.3, 0.4) is 0 Å². The molecule has 0 spiro atoms. The van der Waals surface area contributed by atoms with Gasteiger partial charge in [-0.25, -0.2) is 15.0 Å². The Labute approximate surface area is 366 Å². The molecular weight excluding hydrogens is 757 g/mol. The largest absolute Gasteiger partial charge is 0.455 e. The molecular formula is C57H36N4O. The first kappa shape index (κ1) is 29.7. The number of aromatic nitrogens is 4. The topological polar surface area (TPSA) is 56.7 Å². The summed E-state index contributed by atoms with van der Waals surface area (Å²) >= 11 is 0. The lowest BCUT2D eigenvalue weighted by Crippen LogP contribution is -2.05. The van der Waals surface area contributed by atoms with E-state index in [1.807, 2.05) is 115 Å². The predicted molar refractivity (Wildman–Crippen MR) is 254 cm³/mol. The van der Waals surface area contributed by atoms with Crippen molar-refractivity contribution in [3.05, 3.63) is 218 Å².